The van der Waals surface area contributed by atoms with Crippen molar-refractivity contribution in [3.63, 3.8) is 0 Å². The molecular formula is C36H40N4O3. The molecule has 2 aromatic carbocycles. The van der Waals surface area contributed by atoms with E-state index < -0.39 is 0 Å². The summed E-state index contributed by atoms with van der Waals surface area (Å²) in [5, 5.41) is 3.79. The zero-order chi connectivity index (χ0) is 30.9. The maximum absolute atomic E-state index is 13.6. The maximum Gasteiger partial charge on any atom is 0.256 e. The number of pyridine rings is 2. The molecule has 0 saturated carbocycles. The van der Waals surface area contributed by atoms with E-state index in [0.717, 1.165) is 52.6 Å². The lowest BCUT2D eigenvalue weighted by Crippen LogP contribution is -2.27. The Morgan fingerprint density at radius 3 is 2.42 bits per heavy atom. The number of amides is 2. The monoisotopic (exact) mass is 576 g/mol. The second-order valence-corrected chi connectivity index (χ2v) is 11.0. The molecule has 222 valence electrons. The van der Waals surface area contributed by atoms with Gasteiger partial charge in [0.15, 0.2) is 0 Å². The Morgan fingerprint density at radius 1 is 0.977 bits per heavy atom. The number of carbonyl (C=O) groups excluding carboxylic acids is 2. The number of hydrogen-bond donors (Lipinski definition) is 1. The lowest BCUT2D eigenvalue weighted by atomic mass is 10.00. The number of allylic oxidation sites excluding steroid dienone is 3. The summed E-state index contributed by atoms with van der Waals surface area (Å²) in [7, 11) is 1.81. The Labute approximate surface area is 254 Å². The van der Waals surface area contributed by atoms with Crippen LogP contribution in [0.25, 0.3) is 22.3 Å². The minimum Gasteiger partial charge on any atom is -0.470 e. The lowest BCUT2D eigenvalue weighted by molar-refractivity contribution is 0.0792. The molecule has 0 aliphatic rings. The van der Waals surface area contributed by atoms with Crippen molar-refractivity contribution >= 4 is 28.4 Å². The maximum atomic E-state index is 13.6. The van der Waals surface area contributed by atoms with E-state index in [1.807, 2.05) is 72.0 Å². The fourth-order valence-corrected chi connectivity index (χ4v) is 4.94. The van der Waals surface area contributed by atoms with Gasteiger partial charge < -0.3 is 15.0 Å². The highest BCUT2D eigenvalue weighted by atomic mass is 16.5. The number of unbranched alkanes of at least 4 members (excludes halogenated alkanes) is 1. The van der Waals surface area contributed by atoms with Gasteiger partial charge in [0, 0.05) is 42.8 Å². The highest BCUT2D eigenvalue weighted by Gasteiger charge is 2.17. The van der Waals surface area contributed by atoms with Gasteiger partial charge in [-0.2, -0.15) is 0 Å². The number of benzene rings is 2. The topological polar surface area (TPSA) is 84.4 Å². The fourth-order valence-electron chi connectivity index (χ4n) is 4.94. The van der Waals surface area contributed by atoms with Crippen molar-refractivity contribution in [1.29, 1.82) is 0 Å². The Hall–Kier alpha value is -4.78. The first-order chi connectivity index (χ1) is 20.7. The quantitative estimate of drug-likeness (QED) is 0.144. The van der Waals surface area contributed by atoms with Crippen LogP contribution in [0.1, 0.15) is 71.9 Å². The highest BCUT2D eigenvalue weighted by molar-refractivity contribution is 6.13. The first kappa shape index (κ1) is 31.2. The molecular weight excluding hydrogens is 536 g/mol. The van der Waals surface area contributed by atoms with Crippen LogP contribution in [0.2, 0.25) is 0 Å². The molecule has 7 nitrogen and oxygen atoms in total. The van der Waals surface area contributed by atoms with Crippen molar-refractivity contribution in [1.82, 2.24) is 14.9 Å². The standard InChI is InChI=1S/C36H40N4O3/c1-7-20-43-33(24(2)3)13-9-11-19-40(6)36(42)27-14-16-28(17-15-27)38-35(41)30-23-32(31-12-8-10-18-37-31)39-34-26(5)21-25(4)22-29(30)34/h7-8,10,12,14-18,20-23H,9,11,13,19H2,1-6H3,(H,38,41)/b20-7-. The Morgan fingerprint density at radius 2 is 1.74 bits per heavy atom. The number of anilines is 1. The van der Waals surface area contributed by atoms with E-state index in [-0.39, 0.29) is 11.8 Å². The molecule has 0 aliphatic heterocycles. The van der Waals surface area contributed by atoms with Crippen molar-refractivity contribution in [2.75, 3.05) is 18.9 Å². The molecule has 7 heteroatoms. The zero-order valence-electron chi connectivity index (χ0n) is 25.9. The van der Waals surface area contributed by atoms with Crippen LogP contribution in [0, 0.1) is 13.8 Å². The SMILES string of the molecule is C/C=C\OC(CCCCN(C)C(=O)c1ccc(NC(=O)c2cc(-c3ccccn3)nc3c(C)cc(C)cc23)cc1)=C(C)C. The number of aryl methyl sites for hydroxylation is 2. The van der Waals surface area contributed by atoms with Crippen LogP contribution >= 0.6 is 0 Å². The lowest BCUT2D eigenvalue weighted by Gasteiger charge is -2.18. The molecule has 0 spiro atoms. The van der Waals surface area contributed by atoms with Gasteiger partial charge in [-0.05, 0) is 107 Å². The summed E-state index contributed by atoms with van der Waals surface area (Å²) in [6.07, 6.45) is 7.90. The first-order valence-corrected chi connectivity index (χ1v) is 14.6. The molecule has 2 amide bonds. The summed E-state index contributed by atoms with van der Waals surface area (Å²) in [5.41, 5.74) is 7.00. The third-order valence-electron chi connectivity index (χ3n) is 7.21. The van der Waals surface area contributed by atoms with Crippen LogP contribution in [0.3, 0.4) is 0 Å². The molecule has 2 aromatic heterocycles. The van der Waals surface area contributed by atoms with Crippen LogP contribution in [-0.2, 0) is 4.74 Å². The number of aromatic nitrogens is 2. The Balaban J connectivity index is 1.44. The van der Waals surface area contributed by atoms with E-state index in [0.29, 0.717) is 34.7 Å². The summed E-state index contributed by atoms with van der Waals surface area (Å²) >= 11 is 0. The summed E-state index contributed by atoms with van der Waals surface area (Å²) in [4.78, 5) is 37.7. The number of fused-ring (bicyclic) bond motifs is 1. The van der Waals surface area contributed by atoms with Gasteiger partial charge in [-0.3, -0.25) is 14.6 Å². The third kappa shape index (κ3) is 7.95. The number of ether oxygens (including phenoxy) is 1. The molecule has 1 N–H and O–H groups in total. The van der Waals surface area contributed by atoms with Crippen molar-refractivity contribution in [2.24, 2.45) is 0 Å². The summed E-state index contributed by atoms with van der Waals surface area (Å²) in [6.45, 7) is 10.7. The van der Waals surface area contributed by atoms with Gasteiger partial charge in [0.1, 0.15) is 5.76 Å². The molecule has 0 fully saturated rings. The van der Waals surface area contributed by atoms with Gasteiger partial charge in [0.25, 0.3) is 11.8 Å². The molecule has 4 rings (SSSR count). The van der Waals surface area contributed by atoms with E-state index in [1.54, 1.807) is 47.7 Å². The Kier molecular flexibility index (Phi) is 10.4. The first-order valence-electron chi connectivity index (χ1n) is 14.6. The molecule has 0 aliphatic carbocycles. The van der Waals surface area contributed by atoms with Gasteiger partial charge >= 0.3 is 0 Å². The number of hydrogen-bond acceptors (Lipinski definition) is 5. The van der Waals surface area contributed by atoms with E-state index >= 15 is 0 Å². The molecule has 0 radical (unpaired) electrons. The van der Waals surface area contributed by atoms with E-state index in [2.05, 4.69) is 16.4 Å². The molecule has 0 saturated heterocycles. The smallest absolute Gasteiger partial charge is 0.256 e. The summed E-state index contributed by atoms with van der Waals surface area (Å²) < 4.78 is 5.68. The predicted molar refractivity (Wildman–Crippen MR) is 174 cm³/mol. The van der Waals surface area contributed by atoms with Gasteiger partial charge in [-0.15, -0.1) is 0 Å². The molecule has 0 bridgehead atoms. The Bertz CT molecular complexity index is 1650. The van der Waals surface area contributed by atoms with Crippen LogP contribution in [-0.4, -0.2) is 40.3 Å². The molecule has 2 heterocycles. The van der Waals surface area contributed by atoms with Gasteiger partial charge in [0.2, 0.25) is 0 Å². The second kappa shape index (κ2) is 14.4. The van der Waals surface area contributed by atoms with Crippen LogP contribution in [0.4, 0.5) is 5.69 Å². The third-order valence-corrected chi connectivity index (χ3v) is 7.21. The molecule has 0 unspecified atom stereocenters. The molecule has 0 atom stereocenters. The molecule has 4 aromatic rings. The van der Waals surface area contributed by atoms with Gasteiger partial charge in [-0.25, -0.2) is 4.98 Å². The fraction of sp³-hybridized carbons (Fsp3) is 0.278. The predicted octanol–water partition coefficient (Wildman–Crippen LogP) is 8.25. The van der Waals surface area contributed by atoms with Crippen molar-refractivity contribution in [2.45, 2.75) is 53.9 Å². The van der Waals surface area contributed by atoms with Crippen molar-refractivity contribution in [3.8, 4) is 11.4 Å². The van der Waals surface area contributed by atoms with E-state index in [4.69, 9.17) is 9.72 Å². The normalized spacial score (nSPS) is 11.0. The van der Waals surface area contributed by atoms with E-state index in [9.17, 15) is 9.59 Å². The number of rotatable bonds is 11. The number of nitrogens with one attached hydrogen (secondary N) is 1. The summed E-state index contributed by atoms with van der Waals surface area (Å²) in [6, 6.07) is 18.5. The highest BCUT2D eigenvalue weighted by Crippen LogP contribution is 2.28. The largest absolute Gasteiger partial charge is 0.470 e. The second-order valence-electron chi connectivity index (χ2n) is 11.0. The minimum atomic E-state index is -0.250. The van der Waals surface area contributed by atoms with Crippen LogP contribution in [0.5, 0.6) is 0 Å². The van der Waals surface area contributed by atoms with Crippen molar-refractivity contribution < 1.29 is 14.3 Å². The number of carbonyl (C=O) groups is 2. The van der Waals surface area contributed by atoms with Crippen LogP contribution < -0.4 is 5.32 Å². The van der Waals surface area contributed by atoms with Crippen LogP contribution in [0.15, 0.2) is 90.5 Å². The minimum absolute atomic E-state index is 0.0587. The van der Waals surface area contributed by atoms with Crippen molar-refractivity contribution in [3.05, 3.63) is 113 Å². The number of nitrogens with zero attached hydrogens (tertiary/aromatic N) is 3. The average molecular weight is 577 g/mol. The average Bonchev–Trinajstić information content (AvgIpc) is 3.00. The van der Waals surface area contributed by atoms with Gasteiger partial charge in [0.05, 0.1) is 28.7 Å². The van der Waals surface area contributed by atoms with Gasteiger partial charge in [-0.1, -0.05) is 23.8 Å². The summed E-state index contributed by atoms with van der Waals surface area (Å²) in [5.74, 6) is 0.666. The van der Waals surface area contributed by atoms with E-state index in [1.165, 1.54) is 0 Å². The zero-order valence-corrected chi connectivity index (χ0v) is 25.9. The molecule has 43 heavy (non-hydrogen) atoms.